The Kier molecular flexibility index (Phi) is 12.4. The summed E-state index contributed by atoms with van der Waals surface area (Å²) in [5, 5.41) is 30.6. The van der Waals surface area contributed by atoms with E-state index in [4.69, 9.17) is 10.4 Å². The number of nitrogens with one attached hydrogen (secondary N) is 2. The van der Waals surface area contributed by atoms with Crippen LogP contribution in [-0.4, -0.2) is 73.0 Å². The second-order valence-corrected chi connectivity index (χ2v) is 14.9. The summed E-state index contributed by atoms with van der Waals surface area (Å²) >= 11 is 0.391. The molecule has 0 aromatic heterocycles. The zero-order valence-electron chi connectivity index (χ0n) is 18.6. The van der Waals surface area contributed by atoms with Gasteiger partial charge in [0.1, 0.15) is 0 Å². The third kappa shape index (κ3) is 9.61. The van der Waals surface area contributed by atoms with E-state index in [0.717, 1.165) is 24.3 Å². The number of amides is 2. The average Bonchev–Trinajstić information content (AvgIpc) is 2.86. The van der Waals surface area contributed by atoms with E-state index in [1.165, 1.54) is 12.1 Å². The van der Waals surface area contributed by atoms with Crippen molar-refractivity contribution in [3.8, 4) is 0 Å². The predicted molar refractivity (Wildman–Crippen MR) is 126 cm³/mol. The Balaban J connectivity index is 1.62. The van der Waals surface area contributed by atoms with Gasteiger partial charge in [-0.05, 0) is 0 Å². The van der Waals surface area contributed by atoms with Crippen molar-refractivity contribution in [1.29, 1.82) is 0 Å². The first-order valence-corrected chi connectivity index (χ1v) is 17.1. The summed E-state index contributed by atoms with van der Waals surface area (Å²) in [4.78, 5) is 24.2. The fourth-order valence-electron chi connectivity index (χ4n) is 2.74. The van der Waals surface area contributed by atoms with Gasteiger partial charge in [0, 0.05) is 0 Å². The van der Waals surface area contributed by atoms with Crippen LogP contribution in [0.3, 0.4) is 0 Å². The second kappa shape index (κ2) is 15.2. The van der Waals surface area contributed by atoms with Crippen LogP contribution < -0.4 is 10.6 Å². The summed E-state index contributed by atoms with van der Waals surface area (Å²) in [7, 11) is 0. The Morgan fingerprint density at radius 3 is 1.42 bits per heavy atom. The molecule has 0 unspecified atom stereocenters. The molecular formula is C22H22F4N4O4Se2. The van der Waals surface area contributed by atoms with Crippen molar-refractivity contribution in [3.63, 3.8) is 0 Å². The summed E-state index contributed by atoms with van der Waals surface area (Å²) < 4.78 is 52.6. The monoisotopic (exact) mass is 642 g/mol. The Labute approximate surface area is 215 Å². The summed E-state index contributed by atoms with van der Waals surface area (Å²) in [6.07, 6.45) is -0.326. The fraction of sp³-hybridized carbons (Fsp3) is 0.273. The van der Waals surface area contributed by atoms with Crippen molar-refractivity contribution in [2.24, 2.45) is 10.3 Å². The van der Waals surface area contributed by atoms with Gasteiger partial charge in [-0.15, -0.1) is 0 Å². The van der Waals surface area contributed by atoms with Gasteiger partial charge in [0.25, 0.3) is 0 Å². The number of oxime groups is 2. The van der Waals surface area contributed by atoms with E-state index in [9.17, 15) is 27.2 Å². The number of hydrogen-bond donors (Lipinski definition) is 4. The Bertz CT molecular complexity index is 1050. The topological polar surface area (TPSA) is 123 Å². The Morgan fingerprint density at radius 2 is 1.08 bits per heavy atom. The van der Waals surface area contributed by atoms with Gasteiger partial charge in [0.15, 0.2) is 0 Å². The standard InChI is InChI=1S/C22H22F4N4O4Se2/c23-15-3-1-13(9-17(15)25)11-19(29-33)21(31)27-5-7-35-36-8-6-28-22(32)20(30-34)12-14-2-4-16(24)18(26)10-14/h1-4,9-10,33-34H,5-8,11-12H2,(H,27,31)(H,28,32)/b29-19+,30-20+. The van der Waals surface area contributed by atoms with Crippen molar-refractivity contribution in [1.82, 2.24) is 10.6 Å². The van der Waals surface area contributed by atoms with Gasteiger partial charge in [0.2, 0.25) is 0 Å². The Hall–Kier alpha value is -2.92. The van der Waals surface area contributed by atoms with Gasteiger partial charge >= 0.3 is 215 Å². The number of carbonyl (C=O) groups is 2. The van der Waals surface area contributed by atoms with Crippen LogP contribution in [0.25, 0.3) is 0 Å². The molecule has 0 bridgehead atoms. The molecule has 2 amide bonds. The minimum absolute atomic E-state index is 0.163. The van der Waals surface area contributed by atoms with E-state index < -0.39 is 35.1 Å². The van der Waals surface area contributed by atoms with Gasteiger partial charge < -0.3 is 0 Å². The van der Waals surface area contributed by atoms with Gasteiger partial charge in [-0.3, -0.25) is 0 Å². The zero-order valence-corrected chi connectivity index (χ0v) is 22.1. The van der Waals surface area contributed by atoms with Crippen LogP contribution in [0.5, 0.6) is 0 Å². The molecule has 0 spiro atoms. The van der Waals surface area contributed by atoms with Crippen LogP contribution in [0.4, 0.5) is 17.6 Å². The third-order valence-electron chi connectivity index (χ3n) is 4.50. The number of carbonyl (C=O) groups excluding carboxylic acids is 2. The van der Waals surface area contributed by atoms with Gasteiger partial charge in [-0.25, -0.2) is 0 Å². The van der Waals surface area contributed by atoms with E-state index >= 15 is 0 Å². The van der Waals surface area contributed by atoms with Crippen molar-refractivity contribution in [2.75, 3.05) is 13.1 Å². The van der Waals surface area contributed by atoms with Crippen LogP contribution >= 0.6 is 0 Å². The second-order valence-electron chi connectivity index (χ2n) is 7.10. The SMILES string of the molecule is O=C(NCC[Se][Se]CCNC(=O)/C(Cc1ccc(F)c(F)c1)=N/O)/C(Cc1ccc(F)c(F)c1)=N/O. The first kappa shape index (κ1) is 29.3. The molecule has 0 saturated carbocycles. The molecule has 0 fully saturated rings. The van der Waals surface area contributed by atoms with Crippen molar-refractivity contribution >= 4 is 49.5 Å². The average molecular weight is 640 g/mol. The van der Waals surface area contributed by atoms with Crippen molar-refractivity contribution in [3.05, 3.63) is 70.8 Å². The molecule has 2 aromatic carbocycles. The molecule has 2 rings (SSSR count). The molecule has 0 aliphatic heterocycles. The molecule has 0 heterocycles. The molecule has 4 N–H and O–H groups in total. The molecular weight excluding hydrogens is 618 g/mol. The number of rotatable bonds is 13. The molecule has 0 aliphatic rings. The summed E-state index contributed by atoms with van der Waals surface area (Å²) in [6.45, 7) is 0.665. The zero-order chi connectivity index (χ0) is 26.5. The first-order valence-electron chi connectivity index (χ1n) is 10.4. The Morgan fingerprint density at radius 1 is 0.694 bits per heavy atom. The molecule has 0 atom stereocenters. The van der Waals surface area contributed by atoms with E-state index in [-0.39, 0.29) is 61.7 Å². The molecule has 14 heteroatoms. The molecule has 8 nitrogen and oxygen atoms in total. The summed E-state index contributed by atoms with van der Waals surface area (Å²) in [6, 6.07) is 6.29. The third-order valence-corrected chi connectivity index (χ3v) is 11.9. The van der Waals surface area contributed by atoms with Crippen LogP contribution in [0.15, 0.2) is 46.7 Å². The molecule has 0 saturated heterocycles. The maximum absolute atomic E-state index is 13.3. The van der Waals surface area contributed by atoms with Crippen LogP contribution in [0.1, 0.15) is 11.1 Å². The number of hydrogen-bond acceptors (Lipinski definition) is 6. The number of nitrogens with zero attached hydrogens (tertiary/aromatic N) is 2. The van der Waals surface area contributed by atoms with Crippen LogP contribution in [0.2, 0.25) is 10.6 Å². The molecule has 2 aromatic rings. The molecule has 36 heavy (non-hydrogen) atoms. The van der Waals surface area contributed by atoms with Crippen LogP contribution in [0, 0.1) is 23.3 Å². The predicted octanol–water partition coefficient (Wildman–Crippen LogP) is 2.08. The molecule has 0 radical (unpaired) electrons. The number of halogens is 4. The van der Waals surface area contributed by atoms with Crippen molar-refractivity contribution in [2.45, 2.75) is 23.5 Å². The molecule has 194 valence electrons. The van der Waals surface area contributed by atoms with Gasteiger partial charge in [0.05, 0.1) is 0 Å². The summed E-state index contributed by atoms with van der Waals surface area (Å²) in [5.41, 5.74) is 0.106. The van der Waals surface area contributed by atoms with Gasteiger partial charge in [-0.2, -0.15) is 0 Å². The number of benzene rings is 2. The normalized spacial score (nSPS) is 11.9. The van der Waals surface area contributed by atoms with Gasteiger partial charge in [-0.1, -0.05) is 0 Å². The quantitative estimate of drug-likeness (QED) is 0.0669. The first-order chi connectivity index (χ1) is 17.2. The summed E-state index contributed by atoms with van der Waals surface area (Å²) in [5.74, 6) is -5.38. The van der Waals surface area contributed by atoms with E-state index in [0.29, 0.717) is 23.7 Å². The maximum atomic E-state index is 13.3. The van der Waals surface area contributed by atoms with E-state index in [2.05, 4.69) is 20.9 Å². The van der Waals surface area contributed by atoms with Crippen LogP contribution in [-0.2, 0) is 22.4 Å². The van der Waals surface area contributed by atoms with E-state index in [1.807, 2.05) is 0 Å². The fourth-order valence-corrected chi connectivity index (χ4v) is 8.40. The van der Waals surface area contributed by atoms with E-state index in [1.54, 1.807) is 0 Å². The van der Waals surface area contributed by atoms with Crippen molar-refractivity contribution < 1.29 is 37.6 Å². The molecule has 0 aliphatic carbocycles. The minimum atomic E-state index is -1.06.